The van der Waals surface area contributed by atoms with Crippen LogP contribution in [-0.4, -0.2) is 9.55 Å². The van der Waals surface area contributed by atoms with Crippen LogP contribution >= 0.6 is 0 Å². The second-order valence-corrected chi connectivity index (χ2v) is 4.37. The molecule has 2 rings (SSSR count). The van der Waals surface area contributed by atoms with Gasteiger partial charge >= 0.3 is 0 Å². The number of aryl methyl sites for hydroxylation is 1. The predicted octanol–water partition coefficient (Wildman–Crippen LogP) is 2.65. The third kappa shape index (κ3) is 2.96. The predicted molar refractivity (Wildman–Crippen MR) is 75.7 cm³/mol. The van der Waals surface area contributed by atoms with Gasteiger partial charge in [-0.1, -0.05) is 6.92 Å². The van der Waals surface area contributed by atoms with Gasteiger partial charge in [-0.3, -0.25) is 0 Å². The topological polar surface area (TPSA) is 77.4 Å². The van der Waals surface area contributed by atoms with E-state index in [0.29, 0.717) is 17.7 Å². The SMILES string of the molecule is CCCn1ccnc1CNc1ccc(C#N)c(C#N)c1. The number of aromatic nitrogens is 2. The fourth-order valence-corrected chi connectivity index (χ4v) is 1.98. The summed E-state index contributed by atoms with van der Waals surface area (Å²) >= 11 is 0. The van der Waals surface area contributed by atoms with Crippen LogP contribution in [0.3, 0.4) is 0 Å². The van der Waals surface area contributed by atoms with Crippen LogP contribution in [-0.2, 0) is 13.1 Å². The normalized spacial score (nSPS) is 9.75. The lowest BCUT2D eigenvalue weighted by Crippen LogP contribution is -2.08. The number of rotatable bonds is 5. The van der Waals surface area contributed by atoms with E-state index in [9.17, 15) is 0 Å². The molecule has 0 fully saturated rings. The molecule has 5 heteroatoms. The van der Waals surface area contributed by atoms with Crippen molar-refractivity contribution in [1.29, 1.82) is 10.5 Å². The Labute approximate surface area is 118 Å². The number of nitrogens with zero attached hydrogens (tertiary/aromatic N) is 4. The summed E-state index contributed by atoms with van der Waals surface area (Å²) in [6, 6.07) is 9.17. The van der Waals surface area contributed by atoms with Crippen molar-refractivity contribution in [2.45, 2.75) is 26.4 Å². The minimum atomic E-state index is 0.384. The Kier molecular flexibility index (Phi) is 4.36. The maximum absolute atomic E-state index is 8.99. The second-order valence-electron chi connectivity index (χ2n) is 4.37. The van der Waals surface area contributed by atoms with Gasteiger partial charge in [0.15, 0.2) is 0 Å². The molecule has 0 saturated carbocycles. The summed E-state index contributed by atoms with van der Waals surface area (Å²) < 4.78 is 2.10. The fraction of sp³-hybridized carbons (Fsp3) is 0.267. The van der Waals surface area contributed by atoms with E-state index in [2.05, 4.69) is 21.8 Å². The minimum Gasteiger partial charge on any atom is -0.378 e. The molecule has 2 aromatic rings. The quantitative estimate of drug-likeness (QED) is 0.901. The molecule has 0 amide bonds. The van der Waals surface area contributed by atoms with Gasteiger partial charge in [0.2, 0.25) is 0 Å². The molecule has 0 bridgehead atoms. The van der Waals surface area contributed by atoms with E-state index in [1.807, 2.05) is 18.3 Å². The van der Waals surface area contributed by atoms with E-state index in [-0.39, 0.29) is 0 Å². The van der Waals surface area contributed by atoms with Gasteiger partial charge in [0.05, 0.1) is 17.7 Å². The summed E-state index contributed by atoms with van der Waals surface area (Å²) in [7, 11) is 0. The second kappa shape index (κ2) is 6.40. The monoisotopic (exact) mass is 265 g/mol. The molecule has 0 atom stereocenters. The molecule has 0 aliphatic carbocycles. The molecule has 0 aliphatic rings. The van der Waals surface area contributed by atoms with Gasteiger partial charge in [-0.2, -0.15) is 10.5 Å². The molecule has 0 unspecified atom stereocenters. The van der Waals surface area contributed by atoms with Crippen molar-refractivity contribution in [3.05, 3.63) is 47.5 Å². The van der Waals surface area contributed by atoms with Crippen LogP contribution in [0.15, 0.2) is 30.6 Å². The average molecular weight is 265 g/mol. The number of anilines is 1. The highest BCUT2D eigenvalue weighted by Crippen LogP contribution is 2.15. The number of nitriles is 2. The van der Waals surface area contributed by atoms with Crippen LogP contribution in [0.25, 0.3) is 0 Å². The Morgan fingerprint density at radius 1 is 1.25 bits per heavy atom. The molecule has 0 spiro atoms. The number of benzene rings is 1. The Balaban J connectivity index is 2.10. The summed E-state index contributed by atoms with van der Waals surface area (Å²) in [4.78, 5) is 4.31. The first kappa shape index (κ1) is 13.6. The zero-order valence-electron chi connectivity index (χ0n) is 11.3. The van der Waals surface area contributed by atoms with Gasteiger partial charge in [-0.15, -0.1) is 0 Å². The summed E-state index contributed by atoms with van der Waals surface area (Å²) in [6.07, 6.45) is 4.80. The zero-order valence-corrected chi connectivity index (χ0v) is 11.3. The van der Waals surface area contributed by atoms with E-state index in [0.717, 1.165) is 24.5 Å². The van der Waals surface area contributed by atoms with E-state index in [1.165, 1.54) is 0 Å². The molecule has 0 radical (unpaired) electrons. The molecule has 0 aliphatic heterocycles. The fourth-order valence-electron chi connectivity index (χ4n) is 1.98. The first-order chi connectivity index (χ1) is 9.78. The first-order valence-corrected chi connectivity index (χ1v) is 6.46. The van der Waals surface area contributed by atoms with Crippen LogP contribution in [0.2, 0.25) is 0 Å². The van der Waals surface area contributed by atoms with Crippen LogP contribution in [0.4, 0.5) is 5.69 Å². The van der Waals surface area contributed by atoms with Gasteiger partial charge in [0, 0.05) is 24.6 Å². The van der Waals surface area contributed by atoms with E-state index >= 15 is 0 Å². The van der Waals surface area contributed by atoms with Crippen molar-refractivity contribution in [2.75, 3.05) is 5.32 Å². The van der Waals surface area contributed by atoms with Gasteiger partial charge < -0.3 is 9.88 Å². The van der Waals surface area contributed by atoms with Crippen LogP contribution in [0.5, 0.6) is 0 Å². The minimum absolute atomic E-state index is 0.384. The Morgan fingerprint density at radius 2 is 2.05 bits per heavy atom. The van der Waals surface area contributed by atoms with Crippen molar-refractivity contribution >= 4 is 5.69 Å². The Morgan fingerprint density at radius 3 is 2.75 bits per heavy atom. The smallest absolute Gasteiger partial charge is 0.128 e. The number of hydrogen-bond donors (Lipinski definition) is 1. The van der Waals surface area contributed by atoms with Gasteiger partial charge in [0.1, 0.15) is 18.0 Å². The largest absolute Gasteiger partial charge is 0.378 e. The molecular weight excluding hydrogens is 250 g/mol. The molecular formula is C15H15N5. The van der Waals surface area contributed by atoms with Crippen LogP contribution in [0.1, 0.15) is 30.3 Å². The van der Waals surface area contributed by atoms with E-state index in [1.54, 1.807) is 24.4 Å². The van der Waals surface area contributed by atoms with E-state index in [4.69, 9.17) is 10.5 Å². The Hall–Kier alpha value is -2.79. The van der Waals surface area contributed by atoms with Gasteiger partial charge in [-0.25, -0.2) is 4.98 Å². The maximum Gasteiger partial charge on any atom is 0.128 e. The third-order valence-corrected chi connectivity index (χ3v) is 2.98. The highest BCUT2D eigenvalue weighted by molar-refractivity contribution is 5.56. The summed E-state index contributed by atoms with van der Waals surface area (Å²) in [6.45, 7) is 3.65. The lowest BCUT2D eigenvalue weighted by Gasteiger charge is -2.09. The van der Waals surface area contributed by atoms with Crippen molar-refractivity contribution in [3.8, 4) is 12.1 Å². The molecule has 1 aromatic heterocycles. The molecule has 1 heterocycles. The van der Waals surface area contributed by atoms with Crippen molar-refractivity contribution < 1.29 is 0 Å². The van der Waals surface area contributed by atoms with Crippen LogP contribution < -0.4 is 5.32 Å². The average Bonchev–Trinajstić information content (AvgIpc) is 2.92. The summed E-state index contributed by atoms with van der Waals surface area (Å²) in [5, 5.41) is 21.1. The Bertz CT molecular complexity index is 672. The van der Waals surface area contributed by atoms with E-state index < -0.39 is 0 Å². The highest BCUT2D eigenvalue weighted by Gasteiger charge is 2.05. The molecule has 20 heavy (non-hydrogen) atoms. The molecule has 1 aromatic carbocycles. The molecule has 1 N–H and O–H groups in total. The van der Waals surface area contributed by atoms with Crippen molar-refractivity contribution in [1.82, 2.24) is 9.55 Å². The first-order valence-electron chi connectivity index (χ1n) is 6.46. The van der Waals surface area contributed by atoms with Gasteiger partial charge in [0.25, 0.3) is 0 Å². The molecule has 100 valence electrons. The lowest BCUT2D eigenvalue weighted by molar-refractivity contribution is 0.644. The lowest BCUT2D eigenvalue weighted by atomic mass is 10.1. The van der Waals surface area contributed by atoms with Crippen molar-refractivity contribution in [2.24, 2.45) is 0 Å². The molecule has 5 nitrogen and oxygen atoms in total. The molecule has 0 saturated heterocycles. The zero-order chi connectivity index (χ0) is 14.4. The third-order valence-electron chi connectivity index (χ3n) is 2.98. The standard InChI is InChI=1S/C15H15N5/c1-2-6-20-7-5-18-15(20)11-19-14-4-3-12(9-16)13(8-14)10-17/h3-5,7-8,19H,2,6,11H2,1H3. The number of hydrogen-bond acceptors (Lipinski definition) is 4. The summed E-state index contributed by atoms with van der Waals surface area (Å²) in [5.41, 5.74) is 1.59. The van der Waals surface area contributed by atoms with Crippen molar-refractivity contribution in [3.63, 3.8) is 0 Å². The number of nitrogens with one attached hydrogen (secondary N) is 1. The highest BCUT2D eigenvalue weighted by atomic mass is 15.1. The maximum atomic E-state index is 8.99. The number of imidazole rings is 1. The van der Waals surface area contributed by atoms with Crippen LogP contribution in [0, 0.1) is 22.7 Å². The summed E-state index contributed by atoms with van der Waals surface area (Å²) in [5.74, 6) is 0.953. The van der Waals surface area contributed by atoms with Gasteiger partial charge in [-0.05, 0) is 24.6 Å².